The van der Waals surface area contributed by atoms with Gasteiger partial charge in [0.1, 0.15) is 0 Å². The summed E-state index contributed by atoms with van der Waals surface area (Å²) in [5.74, 6) is 0. The van der Waals surface area contributed by atoms with E-state index in [0.717, 1.165) is 19.1 Å². The molecule has 2 aliphatic rings. The van der Waals surface area contributed by atoms with Crippen LogP contribution < -0.4 is 5.73 Å². The van der Waals surface area contributed by atoms with E-state index in [4.69, 9.17) is 5.73 Å². The van der Waals surface area contributed by atoms with Crippen molar-refractivity contribution in [3.05, 3.63) is 0 Å². The second kappa shape index (κ2) is 6.08. The van der Waals surface area contributed by atoms with E-state index >= 15 is 0 Å². The molecule has 3 atom stereocenters. The Morgan fingerprint density at radius 3 is 2.68 bits per heavy atom. The SMILES string of the molecule is CCN1CCCC1CN(C)C1(CN)CC(C)N(C)C1. The molecule has 0 aromatic heterocycles. The minimum absolute atomic E-state index is 0.191. The van der Waals surface area contributed by atoms with E-state index in [9.17, 15) is 0 Å². The van der Waals surface area contributed by atoms with Crippen LogP contribution >= 0.6 is 0 Å². The van der Waals surface area contributed by atoms with Crippen molar-refractivity contribution < 1.29 is 0 Å². The van der Waals surface area contributed by atoms with E-state index in [1.165, 1.54) is 38.9 Å². The van der Waals surface area contributed by atoms with Crippen LogP contribution in [0.15, 0.2) is 0 Å². The third kappa shape index (κ3) is 2.97. The number of nitrogens with two attached hydrogens (primary N) is 1. The Labute approximate surface area is 118 Å². The van der Waals surface area contributed by atoms with Gasteiger partial charge in [0.15, 0.2) is 0 Å². The zero-order valence-electron chi connectivity index (χ0n) is 13.2. The Balaban J connectivity index is 1.99. The van der Waals surface area contributed by atoms with Gasteiger partial charge in [-0.15, -0.1) is 0 Å². The van der Waals surface area contributed by atoms with E-state index in [1.807, 2.05) is 0 Å². The summed E-state index contributed by atoms with van der Waals surface area (Å²) in [6.07, 6.45) is 3.91. The first kappa shape index (κ1) is 15.2. The minimum Gasteiger partial charge on any atom is -0.329 e. The second-order valence-electron chi connectivity index (χ2n) is 6.70. The molecule has 0 saturated carbocycles. The highest BCUT2D eigenvalue weighted by Crippen LogP contribution is 2.31. The van der Waals surface area contributed by atoms with Crippen molar-refractivity contribution in [1.29, 1.82) is 0 Å². The third-order valence-corrected chi connectivity index (χ3v) is 5.55. The summed E-state index contributed by atoms with van der Waals surface area (Å²) in [5.41, 5.74) is 6.34. The standard InChI is InChI=1S/C15H32N4/c1-5-19-8-6-7-14(19)10-18(4)15(11-16)9-13(2)17(3)12-15/h13-14H,5-12,16H2,1-4H3. The van der Waals surface area contributed by atoms with Gasteiger partial charge >= 0.3 is 0 Å². The summed E-state index contributed by atoms with van der Waals surface area (Å²) in [4.78, 5) is 7.64. The molecular weight excluding hydrogens is 236 g/mol. The average molecular weight is 268 g/mol. The fourth-order valence-corrected chi connectivity index (χ4v) is 4.00. The van der Waals surface area contributed by atoms with Crippen molar-refractivity contribution >= 4 is 0 Å². The van der Waals surface area contributed by atoms with E-state index < -0.39 is 0 Å². The van der Waals surface area contributed by atoms with Gasteiger partial charge in [-0.2, -0.15) is 0 Å². The molecule has 4 heteroatoms. The predicted octanol–water partition coefficient (Wildman–Crippen LogP) is 0.824. The van der Waals surface area contributed by atoms with Gasteiger partial charge in [-0.1, -0.05) is 6.92 Å². The first-order valence-corrected chi connectivity index (χ1v) is 7.88. The van der Waals surface area contributed by atoms with Gasteiger partial charge in [0.25, 0.3) is 0 Å². The number of likely N-dealkylation sites (tertiary alicyclic amines) is 2. The van der Waals surface area contributed by atoms with Crippen LogP contribution in [0.4, 0.5) is 0 Å². The van der Waals surface area contributed by atoms with Crippen LogP contribution in [0.2, 0.25) is 0 Å². The van der Waals surface area contributed by atoms with E-state index in [0.29, 0.717) is 6.04 Å². The molecule has 2 aliphatic heterocycles. The maximum Gasteiger partial charge on any atom is 0.0470 e. The van der Waals surface area contributed by atoms with Gasteiger partial charge in [-0.05, 0) is 53.4 Å². The molecule has 19 heavy (non-hydrogen) atoms. The highest BCUT2D eigenvalue weighted by Gasteiger charge is 2.43. The molecule has 2 fully saturated rings. The fourth-order valence-electron chi connectivity index (χ4n) is 4.00. The van der Waals surface area contributed by atoms with Gasteiger partial charge in [-0.3, -0.25) is 9.80 Å². The smallest absolute Gasteiger partial charge is 0.0470 e. The van der Waals surface area contributed by atoms with Crippen molar-refractivity contribution in [1.82, 2.24) is 14.7 Å². The predicted molar refractivity (Wildman–Crippen MR) is 81.4 cm³/mol. The third-order valence-electron chi connectivity index (χ3n) is 5.55. The monoisotopic (exact) mass is 268 g/mol. The first-order valence-electron chi connectivity index (χ1n) is 7.88. The quantitative estimate of drug-likeness (QED) is 0.801. The van der Waals surface area contributed by atoms with Crippen LogP contribution in [-0.4, -0.2) is 79.1 Å². The number of likely N-dealkylation sites (N-methyl/N-ethyl adjacent to an activating group) is 3. The Morgan fingerprint density at radius 1 is 1.42 bits per heavy atom. The summed E-state index contributed by atoms with van der Waals surface area (Å²) < 4.78 is 0. The lowest BCUT2D eigenvalue weighted by atomic mass is 9.93. The second-order valence-corrected chi connectivity index (χ2v) is 6.70. The van der Waals surface area contributed by atoms with Gasteiger partial charge in [-0.25, -0.2) is 0 Å². The molecule has 0 aliphatic carbocycles. The first-order chi connectivity index (χ1) is 9.02. The summed E-state index contributed by atoms with van der Waals surface area (Å²) in [7, 11) is 4.51. The fraction of sp³-hybridized carbons (Fsp3) is 1.00. The summed E-state index contributed by atoms with van der Waals surface area (Å²) in [6, 6.07) is 1.39. The van der Waals surface area contributed by atoms with E-state index in [2.05, 4.69) is 42.6 Å². The Bertz CT molecular complexity index is 284. The highest BCUT2D eigenvalue weighted by atomic mass is 15.3. The lowest BCUT2D eigenvalue weighted by molar-refractivity contribution is 0.0969. The molecule has 0 spiro atoms. The van der Waals surface area contributed by atoms with Crippen LogP contribution in [0.25, 0.3) is 0 Å². The molecule has 2 saturated heterocycles. The maximum absolute atomic E-state index is 6.15. The Morgan fingerprint density at radius 2 is 2.16 bits per heavy atom. The molecule has 3 unspecified atom stereocenters. The largest absolute Gasteiger partial charge is 0.329 e. The molecule has 0 radical (unpaired) electrons. The Kier molecular flexibility index (Phi) is 4.88. The van der Waals surface area contributed by atoms with Crippen LogP contribution in [0.1, 0.15) is 33.1 Å². The normalized spacial score (nSPS) is 37.6. The molecule has 0 amide bonds. The van der Waals surface area contributed by atoms with Gasteiger partial charge in [0.05, 0.1) is 0 Å². The van der Waals surface area contributed by atoms with Gasteiger partial charge in [0.2, 0.25) is 0 Å². The summed E-state index contributed by atoms with van der Waals surface area (Å²) in [5, 5.41) is 0. The molecule has 0 aromatic rings. The lowest BCUT2D eigenvalue weighted by Gasteiger charge is -2.40. The van der Waals surface area contributed by atoms with Crippen molar-refractivity contribution in [2.75, 3.05) is 46.8 Å². The molecule has 4 nitrogen and oxygen atoms in total. The lowest BCUT2D eigenvalue weighted by Crippen LogP contribution is -2.56. The summed E-state index contributed by atoms with van der Waals surface area (Å²) in [6.45, 7) is 10.1. The molecule has 2 rings (SSSR count). The number of nitrogens with zero attached hydrogens (tertiary/aromatic N) is 3. The zero-order valence-corrected chi connectivity index (χ0v) is 13.2. The van der Waals surface area contributed by atoms with Crippen LogP contribution in [0.3, 0.4) is 0 Å². The molecule has 2 N–H and O–H groups in total. The summed E-state index contributed by atoms with van der Waals surface area (Å²) >= 11 is 0. The molecule has 0 aromatic carbocycles. The van der Waals surface area contributed by atoms with Gasteiger partial charge in [0, 0.05) is 37.3 Å². The Hall–Kier alpha value is -0.160. The average Bonchev–Trinajstić information content (AvgIpc) is 2.95. The van der Waals surface area contributed by atoms with Crippen LogP contribution in [0, 0.1) is 0 Å². The number of rotatable bonds is 5. The number of hydrogen-bond acceptors (Lipinski definition) is 4. The van der Waals surface area contributed by atoms with Crippen molar-refractivity contribution in [3.8, 4) is 0 Å². The topological polar surface area (TPSA) is 35.7 Å². The van der Waals surface area contributed by atoms with Crippen molar-refractivity contribution in [2.24, 2.45) is 5.73 Å². The van der Waals surface area contributed by atoms with Crippen molar-refractivity contribution in [2.45, 2.75) is 50.7 Å². The zero-order chi connectivity index (χ0) is 14.0. The van der Waals surface area contributed by atoms with Crippen molar-refractivity contribution in [3.63, 3.8) is 0 Å². The highest BCUT2D eigenvalue weighted by molar-refractivity contribution is 5.02. The van der Waals surface area contributed by atoms with E-state index in [-0.39, 0.29) is 5.54 Å². The molecule has 0 bridgehead atoms. The maximum atomic E-state index is 6.15. The number of hydrogen-bond donors (Lipinski definition) is 1. The minimum atomic E-state index is 0.191. The van der Waals surface area contributed by atoms with Crippen LogP contribution in [-0.2, 0) is 0 Å². The molecular formula is C15H32N4. The van der Waals surface area contributed by atoms with Gasteiger partial charge < -0.3 is 10.6 Å². The molecule has 112 valence electrons. The van der Waals surface area contributed by atoms with E-state index in [1.54, 1.807) is 0 Å². The molecule has 2 heterocycles. The van der Waals surface area contributed by atoms with Crippen LogP contribution in [0.5, 0.6) is 0 Å².